The maximum atomic E-state index is 6.51. The molecular formula is C18H26ClNO. The van der Waals surface area contributed by atoms with E-state index in [0.717, 1.165) is 36.1 Å². The summed E-state index contributed by atoms with van der Waals surface area (Å²) in [5.74, 6) is 2.63. The highest BCUT2D eigenvalue weighted by atomic mass is 35.5. The van der Waals surface area contributed by atoms with Crippen LogP contribution in [0.15, 0.2) is 12.1 Å². The molecule has 1 aromatic carbocycles. The molecule has 2 nitrogen and oxygen atoms in total. The van der Waals surface area contributed by atoms with Crippen LogP contribution in [0.1, 0.15) is 50.2 Å². The van der Waals surface area contributed by atoms with Gasteiger partial charge in [0.2, 0.25) is 0 Å². The van der Waals surface area contributed by atoms with Crippen molar-refractivity contribution in [1.29, 1.82) is 0 Å². The average molecular weight is 308 g/mol. The predicted molar refractivity (Wildman–Crippen MR) is 88.1 cm³/mol. The van der Waals surface area contributed by atoms with Gasteiger partial charge < -0.3 is 10.5 Å². The van der Waals surface area contributed by atoms with Crippen molar-refractivity contribution in [1.82, 2.24) is 0 Å². The topological polar surface area (TPSA) is 35.2 Å². The Balaban J connectivity index is 1.67. The third-order valence-corrected chi connectivity index (χ3v) is 5.57. The first-order valence-electron chi connectivity index (χ1n) is 8.37. The van der Waals surface area contributed by atoms with Crippen molar-refractivity contribution in [2.24, 2.45) is 17.6 Å². The minimum Gasteiger partial charge on any atom is -0.493 e. The molecule has 0 bridgehead atoms. The molecule has 0 spiro atoms. The Morgan fingerprint density at radius 3 is 2.76 bits per heavy atom. The molecule has 1 fully saturated rings. The molecule has 0 amide bonds. The molecule has 2 N–H and O–H groups in total. The largest absolute Gasteiger partial charge is 0.493 e. The zero-order chi connectivity index (χ0) is 14.8. The number of nitrogens with two attached hydrogens (primary N) is 1. The van der Waals surface area contributed by atoms with Gasteiger partial charge in [-0.25, -0.2) is 0 Å². The van der Waals surface area contributed by atoms with Gasteiger partial charge in [-0.15, -0.1) is 0 Å². The summed E-state index contributed by atoms with van der Waals surface area (Å²) in [4.78, 5) is 0. The van der Waals surface area contributed by atoms with Crippen LogP contribution < -0.4 is 10.5 Å². The van der Waals surface area contributed by atoms with Crippen LogP contribution in [0.25, 0.3) is 0 Å². The Morgan fingerprint density at radius 1 is 1.29 bits per heavy atom. The van der Waals surface area contributed by atoms with E-state index < -0.39 is 0 Å². The smallest absolute Gasteiger partial charge is 0.125 e. The van der Waals surface area contributed by atoms with E-state index in [4.69, 9.17) is 22.1 Å². The number of halogens is 1. The van der Waals surface area contributed by atoms with Crippen LogP contribution in [0.3, 0.4) is 0 Å². The van der Waals surface area contributed by atoms with E-state index in [0.29, 0.717) is 5.92 Å². The van der Waals surface area contributed by atoms with Crippen molar-refractivity contribution < 1.29 is 4.74 Å². The van der Waals surface area contributed by atoms with Crippen LogP contribution in [0, 0.1) is 11.8 Å². The first-order chi connectivity index (χ1) is 10.2. The Morgan fingerprint density at radius 2 is 2.05 bits per heavy atom. The SMILES string of the molecule is CCC1CCC(C(N)Cc2cc(Cl)cc3c2OCC3)CC1. The minimum atomic E-state index is 0.231. The molecule has 1 atom stereocenters. The van der Waals surface area contributed by atoms with Crippen molar-refractivity contribution >= 4 is 11.6 Å². The summed E-state index contributed by atoms with van der Waals surface area (Å²) >= 11 is 6.24. The Hall–Kier alpha value is -0.730. The monoisotopic (exact) mass is 307 g/mol. The summed E-state index contributed by atoms with van der Waals surface area (Å²) in [6.45, 7) is 3.08. The predicted octanol–water partition coefficient (Wildman–Crippen LogP) is 4.36. The van der Waals surface area contributed by atoms with E-state index in [1.165, 1.54) is 43.2 Å². The molecule has 0 radical (unpaired) electrons. The minimum absolute atomic E-state index is 0.231. The Kier molecular flexibility index (Phi) is 4.75. The fraction of sp³-hybridized carbons (Fsp3) is 0.667. The van der Waals surface area contributed by atoms with Gasteiger partial charge in [0, 0.05) is 17.5 Å². The van der Waals surface area contributed by atoms with Gasteiger partial charge in [-0.2, -0.15) is 0 Å². The van der Waals surface area contributed by atoms with Gasteiger partial charge in [0.05, 0.1) is 6.61 Å². The molecule has 1 aromatic rings. The van der Waals surface area contributed by atoms with Crippen LogP contribution in [0.4, 0.5) is 0 Å². The summed E-state index contributed by atoms with van der Waals surface area (Å²) in [5.41, 5.74) is 8.97. The lowest BCUT2D eigenvalue weighted by Crippen LogP contribution is -2.35. The Bertz CT molecular complexity index is 494. The number of ether oxygens (including phenoxy) is 1. The second-order valence-electron chi connectivity index (χ2n) is 6.71. The van der Waals surface area contributed by atoms with Crippen molar-refractivity contribution in [3.8, 4) is 5.75 Å². The lowest BCUT2D eigenvalue weighted by atomic mass is 9.76. The molecular weight excluding hydrogens is 282 g/mol. The van der Waals surface area contributed by atoms with Gasteiger partial charge in [-0.05, 0) is 54.4 Å². The van der Waals surface area contributed by atoms with Crippen LogP contribution in [-0.2, 0) is 12.8 Å². The van der Waals surface area contributed by atoms with Crippen molar-refractivity contribution in [3.63, 3.8) is 0 Å². The van der Waals surface area contributed by atoms with Gasteiger partial charge in [-0.3, -0.25) is 0 Å². The second-order valence-corrected chi connectivity index (χ2v) is 7.15. The van der Waals surface area contributed by atoms with Crippen LogP contribution >= 0.6 is 11.6 Å². The highest BCUT2D eigenvalue weighted by Crippen LogP contribution is 2.36. The molecule has 1 aliphatic heterocycles. The van der Waals surface area contributed by atoms with Gasteiger partial charge in [0.25, 0.3) is 0 Å². The van der Waals surface area contributed by atoms with Gasteiger partial charge in [0.15, 0.2) is 0 Å². The highest BCUT2D eigenvalue weighted by Gasteiger charge is 2.27. The fourth-order valence-electron chi connectivity index (χ4n) is 3.94. The molecule has 116 valence electrons. The average Bonchev–Trinajstić information content (AvgIpc) is 2.95. The second kappa shape index (κ2) is 6.58. The van der Waals surface area contributed by atoms with E-state index >= 15 is 0 Å². The molecule has 2 aliphatic rings. The normalized spacial score (nSPS) is 26.2. The number of benzene rings is 1. The van der Waals surface area contributed by atoms with Gasteiger partial charge in [-0.1, -0.05) is 37.8 Å². The van der Waals surface area contributed by atoms with Crippen LogP contribution in [0.2, 0.25) is 5.02 Å². The van der Waals surface area contributed by atoms with Crippen LogP contribution in [0.5, 0.6) is 5.75 Å². The number of hydrogen-bond donors (Lipinski definition) is 1. The molecule has 0 aromatic heterocycles. The summed E-state index contributed by atoms with van der Waals surface area (Å²) in [5, 5.41) is 0.816. The quantitative estimate of drug-likeness (QED) is 0.897. The lowest BCUT2D eigenvalue weighted by Gasteiger charge is -2.32. The molecule has 3 heteroatoms. The standard InChI is InChI=1S/C18H26ClNO/c1-2-12-3-5-13(6-4-12)17(20)11-15-10-16(19)9-14-7-8-21-18(14)15/h9-10,12-13,17H,2-8,11,20H2,1H3. The molecule has 1 saturated carbocycles. The zero-order valence-electron chi connectivity index (χ0n) is 12.9. The summed E-state index contributed by atoms with van der Waals surface area (Å²) in [6.07, 6.45) is 8.44. The lowest BCUT2D eigenvalue weighted by molar-refractivity contribution is 0.237. The molecule has 1 aliphatic carbocycles. The summed E-state index contributed by atoms with van der Waals surface area (Å²) < 4.78 is 5.79. The van der Waals surface area contributed by atoms with E-state index in [9.17, 15) is 0 Å². The molecule has 0 saturated heterocycles. The molecule has 21 heavy (non-hydrogen) atoms. The number of rotatable bonds is 4. The van der Waals surface area contributed by atoms with Gasteiger partial charge in [0.1, 0.15) is 5.75 Å². The van der Waals surface area contributed by atoms with E-state index in [1.54, 1.807) is 0 Å². The molecule has 1 unspecified atom stereocenters. The maximum absolute atomic E-state index is 6.51. The summed E-state index contributed by atoms with van der Waals surface area (Å²) in [6, 6.07) is 4.31. The highest BCUT2D eigenvalue weighted by molar-refractivity contribution is 6.30. The van der Waals surface area contributed by atoms with Gasteiger partial charge >= 0.3 is 0 Å². The number of fused-ring (bicyclic) bond motifs is 1. The fourth-order valence-corrected chi connectivity index (χ4v) is 4.21. The third-order valence-electron chi connectivity index (χ3n) is 5.36. The maximum Gasteiger partial charge on any atom is 0.125 e. The van der Waals surface area contributed by atoms with Crippen molar-refractivity contribution in [2.75, 3.05) is 6.61 Å². The van der Waals surface area contributed by atoms with Crippen molar-refractivity contribution in [2.45, 2.75) is 57.9 Å². The van der Waals surface area contributed by atoms with E-state index in [-0.39, 0.29) is 6.04 Å². The number of hydrogen-bond acceptors (Lipinski definition) is 2. The first kappa shape index (κ1) is 15.2. The zero-order valence-corrected chi connectivity index (χ0v) is 13.7. The molecule has 3 rings (SSSR count). The summed E-state index contributed by atoms with van der Waals surface area (Å²) in [7, 11) is 0. The van der Waals surface area contributed by atoms with E-state index in [1.807, 2.05) is 12.1 Å². The Labute approximate surface area is 133 Å². The van der Waals surface area contributed by atoms with Crippen molar-refractivity contribution in [3.05, 3.63) is 28.3 Å². The third kappa shape index (κ3) is 3.37. The van der Waals surface area contributed by atoms with E-state index in [2.05, 4.69) is 6.92 Å². The molecule has 1 heterocycles. The van der Waals surface area contributed by atoms with Crippen LogP contribution in [-0.4, -0.2) is 12.6 Å². The first-order valence-corrected chi connectivity index (χ1v) is 8.74.